The molecule has 0 radical (unpaired) electrons. The normalized spacial score (nSPS) is 25.2. The van der Waals surface area contributed by atoms with Gasteiger partial charge in [-0.15, -0.1) is 0 Å². The first-order valence-electron chi connectivity index (χ1n) is 5.46. The van der Waals surface area contributed by atoms with Crippen LogP contribution in [0.5, 0.6) is 0 Å². The summed E-state index contributed by atoms with van der Waals surface area (Å²) < 4.78 is 0. The first kappa shape index (κ1) is 12.7. The highest BCUT2D eigenvalue weighted by molar-refractivity contribution is 6.34. The second kappa shape index (κ2) is 4.84. The van der Waals surface area contributed by atoms with E-state index in [1.54, 1.807) is 18.0 Å². The zero-order valence-corrected chi connectivity index (χ0v) is 11.0. The summed E-state index contributed by atoms with van der Waals surface area (Å²) in [7, 11) is 1.76. The Morgan fingerprint density at radius 1 is 1.29 bits per heavy atom. The summed E-state index contributed by atoms with van der Waals surface area (Å²) in [6.07, 6.45) is 1.19. The molecule has 2 rings (SSSR count). The third kappa shape index (κ3) is 2.57. The number of nitrogens with zero attached hydrogens (tertiary/aromatic N) is 1. The Kier molecular flexibility index (Phi) is 3.61. The number of benzene rings is 1. The average Bonchev–Trinajstić information content (AvgIpc) is 2.23. The molecule has 1 aliphatic rings. The minimum Gasteiger partial charge on any atom is -0.337 e. The topological polar surface area (TPSA) is 46.3 Å². The third-order valence-corrected chi connectivity index (χ3v) is 3.57. The van der Waals surface area contributed by atoms with Crippen LogP contribution in [0.4, 0.5) is 0 Å². The zero-order chi connectivity index (χ0) is 12.6. The molecule has 0 aromatic heterocycles. The lowest BCUT2D eigenvalue weighted by atomic mass is 9.91. The predicted molar refractivity (Wildman–Crippen MR) is 69.2 cm³/mol. The Morgan fingerprint density at radius 3 is 2.47 bits per heavy atom. The molecular formula is C12H14Cl2N2O. The quantitative estimate of drug-likeness (QED) is 0.854. The van der Waals surface area contributed by atoms with Crippen molar-refractivity contribution in [3.05, 3.63) is 33.8 Å². The van der Waals surface area contributed by atoms with E-state index in [0.717, 1.165) is 5.56 Å². The summed E-state index contributed by atoms with van der Waals surface area (Å²) >= 11 is 11.9. The molecule has 0 saturated carbocycles. The average molecular weight is 273 g/mol. The summed E-state index contributed by atoms with van der Waals surface area (Å²) in [6, 6.07) is 5.07. The van der Waals surface area contributed by atoms with Crippen molar-refractivity contribution in [2.24, 2.45) is 5.73 Å². The van der Waals surface area contributed by atoms with Crippen molar-refractivity contribution in [2.45, 2.75) is 24.9 Å². The second-order valence-electron chi connectivity index (χ2n) is 4.35. The second-order valence-corrected chi connectivity index (χ2v) is 5.23. The van der Waals surface area contributed by atoms with Crippen LogP contribution in [0.25, 0.3) is 0 Å². The van der Waals surface area contributed by atoms with Crippen molar-refractivity contribution in [1.82, 2.24) is 4.90 Å². The smallest absolute Gasteiger partial charge is 0.222 e. The van der Waals surface area contributed by atoms with Crippen LogP contribution in [0.3, 0.4) is 0 Å². The molecule has 1 aromatic carbocycles. The molecule has 5 heteroatoms. The fraction of sp³-hybridized carbons (Fsp3) is 0.417. The molecule has 1 fully saturated rings. The van der Waals surface area contributed by atoms with E-state index in [-0.39, 0.29) is 18.0 Å². The zero-order valence-electron chi connectivity index (χ0n) is 9.49. The first-order chi connectivity index (χ1) is 7.99. The van der Waals surface area contributed by atoms with Crippen LogP contribution in [0.2, 0.25) is 10.0 Å². The highest BCUT2D eigenvalue weighted by atomic mass is 35.5. The maximum Gasteiger partial charge on any atom is 0.222 e. The van der Waals surface area contributed by atoms with E-state index in [4.69, 9.17) is 28.9 Å². The standard InChI is InChI=1S/C12H14Cl2N2O/c1-16-11(17)3-2-10(15)12(16)7-4-8(13)6-9(14)5-7/h4-6,10,12H,2-3,15H2,1H3. The van der Waals surface area contributed by atoms with Crippen LogP contribution < -0.4 is 5.73 Å². The van der Waals surface area contributed by atoms with Crippen molar-refractivity contribution >= 4 is 29.1 Å². The van der Waals surface area contributed by atoms with Gasteiger partial charge in [0.25, 0.3) is 0 Å². The largest absolute Gasteiger partial charge is 0.337 e. The van der Waals surface area contributed by atoms with Crippen LogP contribution in [-0.2, 0) is 4.79 Å². The van der Waals surface area contributed by atoms with Crippen molar-refractivity contribution in [1.29, 1.82) is 0 Å². The Hall–Kier alpha value is -0.770. The van der Waals surface area contributed by atoms with Crippen molar-refractivity contribution in [3.63, 3.8) is 0 Å². The first-order valence-corrected chi connectivity index (χ1v) is 6.22. The summed E-state index contributed by atoms with van der Waals surface area (Å²) in [5.41, 5.74) is 6.98. The molecule has 92 valence electrons. The molecular weight excluding hydrogens is 259 g/mol. The van der Waals surface area contributed by atoms with E-state index < -0.39 is 0 Å². The molecule has 3 nitrogen and oxygen atoms in total. The van der Waals surface area contributed by atoms with Crippen molar-refractivity contribution < 1.29 is 4.79 Å². The van der Waals surface area contributed by atoms with Gasteiger partial charge in [0, 0.05) is 29.6 Å². The number of halogens is 2. The summed E-state index contributed by atoms with van der Waals surface area (Å²) in [4.78, 5) is 13.4. The van der Waals surface area contributed by atoms with Gasteiger partial charge in [0.15, 0.2) is 0 Å². The number of carbonyl (C=O) groups is 1. The number of hydrogen-bond donors (Lipinski definition) is 1. The number of likely N-dealkylation sites (tertiary alicyclic amines) is 1. The molecule has 2 atom stereocenters. The number of nitrogens with two attached hydrogens (primary N) is 1. The summed E-state index contributed by atoms with van der Waals surface area (Å²) in [5, 5.41) is 1.12. The van der Waals surface area contributed by atoms with Crippen LogP contribution in [0, 0.1) is 0 Å². The van der Waals surface area contributed by atoms with Crippen LogP contribution in [0.15, 0.2) is 18.2 Å². The van der Waals surface area contributed by atoms with Gasteiger partial charge in [0.05, 0.1) is 6.04 Å². The lowest BCUT2D eigenvalue weighted by Crippen LogP contribution is -2.46. The number of carbonyl (C=O) groups excluding carboxylic acids is 1. The lowest BCUT2D eigenvalue weighted by molar-refractivity contribution is -0.135. The Labute approximate surface area is 110 Å². The maximum atomic E-state index is 11.7. The monoisotopic (exact) mass is 272 g/mol. The summed E-state index contributed by atoms with van der Waals surface area (Å²) in [5.74, 6) is 0.104. The van der Waals surface area contributed by atoms with Gasteiger partial charge in [0.1, 0.15) is 0 Å². The molecule has 1 amide bonds. The number of amides is 1. The molecule has 1 aliphatic heterocycles. The lowest BCUT2D eigenvalue weighted by Gasteiger charge is -2.37. The van der Waals surface area contributed by atoms with Crippen molar-refractivity contribution in [3.8, 4) is 0 Å². The highest BCUT2D eigenvalue weighted by Crippen LogP contribution is 2.32. The van der Waals surface area contributed by atoms with E-state index in [9.17, 15) is 4.79 Å². The van der Waals surface area contributed by atoms with Gasteiger partial charge in [-0.05, 0) is 30.2 Å². The van der Waals surface area contributed by atoms with Gasteiger partial charge in [-0.3, -0.25) is 4.79 Å². The van der Waals surface area contributed by atoms with Gasteiger partial charge in [-0.2, -0.15) is 0 Å². The van der Waals surface area contributed by atoms with Crippen LogP contribution in [0.1, 0.15) is 24.4 Å². The van der Waals surface area contributed by atoms with Gasteiger partial charge < -0.3 is 10.6 Å². The van der Waals surface area contributed by atoms with Crippen molar-refractivity contribution in [2.75, 3.05) is 7.05 Å². The van der Waals surface area contributed by atoms with Gasteiger partial charge >= 0.3 is 0 Å². The molecule has 2 N–H and O–H groups in total. The molecule has 1 saturated heterocycles. The van der Waals surface area contributed by atoms with Gasteiger partial charge in [-0.1, -0.05) is 23.2 Å². The number of likely N-dealkylation sites (N-methyl/N-ethyl adjacent to an activating group) is 1. The van der Waals surface area contributed by atoms with E-state index >= 15 is 0 Å². The summed E-state index contributed by atoms with van der Waals surface area (Å²) in [6.45, 7) is 0. The number of rotatable bonds is 1. The van der Waals surface area contributed by atoms with E-state index in [1.165, 1.54) is 0 Å². The van der Waals surface area contributed by atoms with Crippen LogP contribution >= 0.6 is 23.2 Å². The number of hydrogen-bond acceptors (Lipinski definition) is 2. The predicted octanol–water partition coefficient (Wildman–Crippen LogP) is 2.61. The van der Waals surface area contributed by atoms with Gasteiger partial charge in [0.2, 0.25) is 5.91 Å². The molecule has 17 heavy (non-hydrogen) atoms. The molecule has 0 spiro atoms. The molecule has 1 heterocycles. The maximum absolute atomic E-state index is 11.7. The Balaban J connectivity index is 2.39. The van der Waals surface area contributed by atoms with E-state index in [0.29, 0.717) is 22.9 Å². The SMILES string of the molecule is CN1C(=O)CCC(N)C1c1cc(Cl)cc(Cl)c1. The highest BCUT2D eigenvalue weighted by Gasteiger charge is 2.32. The Morgan fingerprint density at radius 2 is 1.88 bits per heavy atom. The molecule has 0 bridgehead atoms. The number of piperidine rings is 1. The fourth-order valence-electron chi connectivity index (χ4n) is 2.28. The third-order valence-electron chi connectivity index (χ3n) is 3.13. The van der Waals surface area contributed by atoms with E-state index in [2.05, 4.69) is 0 Å². The molecule has 1 aromatic rings. The minimum atomic E-state index is -0.146. The minimum absolute atomic E-state index is 0.0766. The molecule has 0 aliphatic carbocycles. The van der Waals surface area contributed by atoms with Gasteiger partial charge in [-0.25, -0.2) is 0 Å². The van der Waals surface area contributed by atoms with E-state index in [1.807, 2.05) is 12.1 Å². The Bertz CT molecular complexity index is 430. The van der Waals surface area contributed by atoms with Crippen LogP contribution in [-0.4, -0.2) is 23.9 Å². The fourth-order valence-corrected chi connectivity index (χ4v) is 2.83. The molecule has 2 unspecified atom stereocenters.